The standard InChI is InChI=1S/C14H20O3/c1-2-7-17-13-5-3-4-11(9-13)14(15)12-6-8-16-10-12/h3-5,9,12,14-15H,2,6-8,10H2,1H3. The van der Waals surface area contributed by atoms with Crippen molar-refractivity contribution < 1.29 is 14.6 Å². The van der Waals surface area contributed by atoms with E-state index in [1.54, 1.807) is 0 Å². The highest BCUT2D eigenvalue weighted by atomic mass is 16.5. The van der Waals surface area contributed by atoms with Crippen molar-refractivity contribution in [3.8, 4) is 5.75 Å². The first-order valence-electron chi connectivity index (χ1n) is 6.30. The van der Waals surface area contributed by atoms with Crippen LogP contribution in [0.5, 0.6) is 5.75 Å². The van der Waals surface area contributed by atoms with Gasteiger partial charge in [-0.1, -0.05) is 19.1 Å². The predicted octanol–water partition coefficient (Wildman–Crippen LogP) is 2.55. The Morgan fingerprint density at radius 3 is 3.12 bits per heavy atom. The molecule has 0 aromatic heterocycles. The second kappa shape index (κ2) is 6.03. The fourth-order valence-corrected chi connectivity index (χ4v) is 2.08. The fourth-order valence-electron chi connectivity index (χ4n) is 2.08. The van der Waals surface area contributed by atoms with E-state index in [1.165, 1.54) is 0 Å². The molecule has 1 aliphatic rings. The molecule has 1 aromatic carbocycles. The van der Waals surface area contributed by atoms with E-state index in [2.05, 4.69) is 6.92 Å². The molecule has 1 N–H and O–H groups in total. The Bertz CT molecular complexity index is 345. The lowest BCUT2D eigenvalue weighted by Gasteiger charge is -2.17. The van der Waals surface area contributed by atoms with Gasteiger partial charge >= 0.3 is 0 Å². The summed E-state index contributed by atoms with van der Waals surface area (Å²) in [7, 11) is 0. The van der Waals surface area contributed by atoms with Crippen LogP contribution in [0.15, 0.2) is 24.3 Å². The van der Waals surface area contributed by atoms with Gasteiger partial charge in [-0.2, -0.15) is 0 Å². The molecule has 1 fully saturated rings. The molecule has 0 amide bonds. The fraction of sp³-hybridized carbons (Fsp3) is 0.571. The van der Waals surface area contributed by atoms with Crippen molar-refractivity contribution in [1.29, 1.82) is 0 Å². The quantitative estimate of drug-likeness (QED) is 0.854. The third kappa shape index (κ3) is 3.20. The van der Waals surface area contributed by atoms with Crippen molar-refractivity contribution in [1.82, 2.24) is 0 Å². The molecular formula is C14H20O3. The molecule has 0 saturated carbocycles. The maximum absolute atomic E-state index is 10.2. The minimum absolute atomic E-state index is 0.219. The number of ether oxygens (including phenoxy) is 2. The highest BCUT2D eigenvalue weighted by Crippen LogP contribution is 2.30. The van der Waals surface area contributed by atoms with E-state index in [1.807, 2.05) is 24.3 Å². The van der Waals surface area contributed by atoms with E-state index in [0.717, 1.165) is 30.8 Å². The van der Waals surface area contributed by atoms with E-state index in [0.29, 0.717) is 13.2 Å². The van der Waals surface area contributed by atoms with Gasteiger partial charge in [-0.15, -0.1) is 0 Å². The van der Waals surface area contributed by atoms with Crippen molar-refractivity contribution in [3.63, 3.8) is 0 Å². The van der Waals surface area contributed by atoms with Crippen molar-refractivity contribution in [2.75, 3.05) is 19.8 Å². The van der Waals surface area contributed by atoms with Gasteiger partial charge in [0.15, 0.2) is 0 Å². The Hall–Kier alpha value is -1.06. The van der Waals surface area contributed by atoms with Crippen LogP contribution < -0.4 is 4.74 Å². The van der Waals surface area contributed by atoms with Gasteiger partial charge in [-0.3, -0.25) is 0 Å². The summed E-state index contributed by atoms with van der Waals surface area (Å²) in [6.07, 6.45) is 1.48. The number of hydrogen-bond acceptors (Lipinski definition) is 3. The summed E-state index contributed by atoms with van der Waals surface area (Å²) in [6.45, 7) is 4.20. The molecule has 2 atom stereocenters. The van der Waals surface area contributed by atoms with Gasteiger partial charge in [0.05, 0.1) is 19.3 Å². The largest absolute Gasteiger partial charge is 0.494 e. The Labute approximate surface area is 102 Å². The summed E-state index contributed by atoms with van der Waals surface area (Å²) in [4.78, 5) is 0. The third-order valence-corrected chi connectivity index (χ3v) is 3.08. The Kier molecular flexibility index (Phi) is 4.40. The lowest BCUT2D eigenvalue weighted by atomic mass is 9.95. The molecule has 1 aliphatic heterocycles. The topological polar surface area (TPSA) is 38.7 Å². The van der Waals surface area contributed by atoms with E-state index in [4.69, 9.17) is 9.47 Å². The number of aliphatic hydroxyl groups is 1. The summed E-state index contributed by atoms with van der Waals surface area (Å²) in [5.74, 6) is 1.05. The van der Waals surface area contributed by atoms with E-state index in [9.17, 15) is 5.11 Å². The highest BCUT2D eigenvalue weighted by Gasteiger charge is 2.25. The lowest BCUT2D eigenvalue weighted by Crippen LogP contribution is -2.12. The molecule has 1 aromatic rings. The van der Waals surface area contributed by atoms with Gasteiger partial charge in [0.2, 0.25) is 0 Å². The van der Waals surface area contributed by atoms with Gasteiger partial charge in [0, 0.05) is 12.5 Å². The molecule has 17 heavy (non-hydrogen) atoms. The Morgan fingerprint density at radius 2 is 2.41 bits per heavy atom. The Morgan fingerprint density at radius 1 is 1.53 bits per heavy atom. The van der Waals surface area contributed by atoms with Crippen molar-refractivity contribution in [2.24, 2.45) is 5.92 Å². The van der Waals surface area contributed by atoms with Crippen LogP contribution in [0.25, 0.3) is 0 Å². The van der Waals surface area contributed by atoms with Gasteiger partial charge in [-0.05, 0) is 30.5 Å². The minimum atomic E-state index is -0.442. The molecule has 0 bridgehead atoms. The SMILES string of the molecule is CCCOc1cccc(C(O)C2CCOC2)c1. The predicted molar refractivity (Wildman–Crippen MR) is 66.1 cm³/mol. The molecule has 2 rings (SSSR count). The number of benzene rings is 1. The summed E-state index contributed by atoms with van der Waals surface area (Å²) in [6, 6.07) is 7.73. The van der Waals surface area contributed by atoms with Gasteiger partial charge < -0.3 is 14.6 Å². The minimum Gasteiger partial charge on any atom is -0.494 e. The summed E-state index contributed by atoms with van der Waals surface area (Å²) < 4.78 is 10.9. The monoisotopic (exact) mass is 236 g/mol. The molecule has 3 nitrogen and oxygen atoms in total. The van der Waals surface area contributed by atoms with Crippen molar-refractivity contribution in [3.05, 3.63) is 29.8 Å². The zero-order chi connectivity index (χ0) is 12.1. The van der Waals surface area contributed by atoms with Crippen LogP contribution in [-0.4, -0.2) is 24.9 Å². The van der Waals surface area contributed by atoms with Crippen LogP contribution in [0.4, 0.5) is 0 Å². The van der Waals surface area contributed by atoms with Crippen molar-refractivity contribution in [2.45, 2.75) is 25.9 Å². The zero-order valence-electron chi connectivity index (χ0n) is 10.3. The number of aliphatic hydroxyl groups excluding tert-OH is 1. The maximum Gasteiger partial charge on any atom is 0.119 e. The number of rotatable bonds is 5. The highest BCUT2D eigenvalue weighted by molar-refractivity contribution is 5.30. The lowest BCUT2D eigenvalue weighted by molar-refractivity contribution is 0.0915. The average Bonchev–Trinajstić information content (AvgIpc) is 2.89. The van der Waals surface area contributed by atoms with Crippen LogP contribution in [-0.2, 0) is 4.74 Å². The summed E-state index contributed by atoms with van der Waals surface area (Å²) in [5.41, 5.74) is 0.925. The van der Waals surface area contributed by atoms with Gasteiger partial charge in [0.25, 0.3) is 0 Å². The smallest absolute Gasteiger partial charge is 0.119 e. The first kappa shape index (κ1) is 12.4. The molecule has 1 heterocycles. The van der Waals surface area contributed by atoms with E-state index >= 15 is 0 Å². The zero-order valence-corrected chi connectivity index (χ0v) is 10.3. The molecular weight excluding hydrogens is 216 g/mol. The second-order valence-electron chi connectivity index (χ2n) is 4.49. The van der Waals surface area contributed by atoms with Crippen LogP contribution in [0, 0.1) is 5.92 Å². The maximum atomic E-state index is 10.2. The molecule has 0 spiro atoms. The van der Waals surface area contributed by atoms with Crippen molar-refractivity contribution >= 4 is 0 Å². The van der Waals surface area contributed by atoms with Crippen LogP contribution in [0.3, 0.4) is 0 Å². The van der Waals surface area contributed by atoms with Crippen LogP contribution in [0.1, 0.15) is 31.4 Å². The molecule has 94 valence electrons. The number of hydrogen-bond donors (Lipinski definition) is 1. The third-order valence-electron chi connectivity index (χ3n) is 3.08. The Balaban J connectivity index is 2.03. The molecule has 1 saturated heterocycles. The first-order valence-corrected chi connectivity index (χ1v) is 6.30. The van der Waals surface area contributed by atoms with Gasteiger partial charge in [-0.25, -0.2) is 0 Å². The molecule has 0 aliphatic carbocycles. The molecule has 2 unspecified atom stereocenters. The summed E-state index contributed by atoms with van der Waals surface area (Å²) >= 11 is 0. The first-order chi connectivity index (χ1) is 8.31. The van der Waals surface area contributed by atoms with Crippen LogP contribution in [0.2, 0.25) is 0 Å². The van der Waals surface area contributed by atoms with E-state index in [-0.39, 0.29) is 5.92 Å². The normalized spacial score (nSPS) is 21.4. The second-order valence-corrected chi connectivity index (χ2v) is 4.49. The van der Waals surface area contributed by atoms with E-state index < -0.39 is 6.10 Å². The average molecular weight is 236 g/mol. The molecule has 3 heteroatoms. The van der Waals surface area contributed by atoms with Crippen LogP contribution >= 0.6 is 0 Å². The molecule has 0 radical (unpaired) electrons. The van der Waals surface area contributed by atoms with Gasteiger partial charge in [0.1, 0.15) is 5.75 Å². The summed E-state index contributed by atoms with van der Waals surface area (Å²) in [5, 5.41) is 10.2.